The monoisotopic (exact) mass is 348 g/mol. The molecule has 0 heterocycles. The standard InChI is InChI=1S/C21H20N2O3/c1-2-26-20-12-9-16-5-3-4-6-18(16)19(20)14-22-23-21(25)13-15-7-10-17(24)11-8-15/h3-12,14,24H,2,13H2,1H3,(H,23,25)/b22-14-. The quantitative estimate of drug-likeness (QED) is 0.528. The van der Waals surface area contributed by atoms with Crippen molar-refractivity contribution in [3.63, 3.8) is 0 Å². The van der Waals surface area contributed by atoms with Crippen LogP contribution in [0.25, 0.3) is 10.8 Å². The number of ether oxygens (including phenoxy) is 1. The van der Waals surface area contributed by atoms with Crippen LogP contribution in [0.5, 0.6) is 11.5 Å². The summed E-state index contributed by atoms with van der Waals surface area (Å²) in [7, 11) is 0. The molecular weight excluding hydrogens is 328 g/mol. The van der Waals surface area contributed by atoms with Crippen LogP contribution in [0, 0.1) is 0 Å². The number of hydrogen-bond donors (Lipinski definition) is 2. The van der Waals surface area contributed by atoms with Crippen molar-refractivity contribution >= 4 is 22.9 Å². The highest BCUT2D eigenvalue weighted by Gasteiger charge is 2.07. The Morgan fingerprint density at radius 3 is 2.65 bits per heavy atom. The van der Waals surface area contributed by atoms with Gasteiger partial charge < -0.3 is 9.84 Å². The molecule has 3 aromatic rings. The summed E-state index contributed by atoms with van der Waals surface area (Å²) in [6.07, 6.45) is 1.80. The average Bonchev–Trinajstić information content (AvgIpc) is 2.65. The molecular formula is C21H20N2O3. The third-order valence-corrected chi connectivity index (χ3v) is 3.91. The Bertz CT molecular complexity index is 934. The first kappa shape index (κ1) is 17.5. The molecule has 1 amide bonds. The summed E-state index contributed by atoms with van der Waals surface area (Å²) >= 11 is 0. The molecule has 0 aromatic heterocycles. The van der Waals surface area contributed by atoms with Gasteiger partial charge in [0.1, 0.15) is 11.5 Å². The van der Waals surface area contributed by atoms with E-state index in [2.05, 4.69) is 10.5 Å². The Balaban J connectivity index is 1.76. The van der Waals surface area contributed by atoms with Crippen molar-refractivity contribution in [2.24, 2.45) is 5.10 Å². The Hall–Kier alpha value is -3.34. The molecule has 0 aliphatic heterocycles. The van der Waals surface area contributed by atoms with Gasteiger partial charge in [0.05, 0.1) is 19.2 Å². The number of benzene rings is 3. The number of nitrogens with zero attached hydrogens (tertiary/aromatic N) is 1. The van der Waals surface area contributed by atoms with Crippen LogP contribution in [0.3, 0.4) is 0 Å². The van der Waals surface area contributed by atoms with Crippen LogP contribution >= 0.6 is 0 Å². The second kappa shape index (κ2) is 8.16. The summed E-state index contributed by atoms with van der Waals surface area (Å²) < 4.78 is 5.68. The van der Waals surface area contributed by atoms with Gasteiger partial charge in [0.25, 0.3) is 0 Å². The molecule has 0 radical (unpaired) electrons. The molecule has 5 heteroatoms. The molecule has 132 valence electrons. The number of fused-ring (bicyclic) bond motifs is 1. The van der Waals surface area contributed by atoms with Gasteiger partial charge in [-0.3, -0.25) is 4.79 Å². The summed E-state index contributed by atoms with van der Waals surface area (Å²) in [5.41, 5.74) is 4.17. The minimum atomic E-state index is -0.231. The van der Waals surface area contributed by atoms with E-state index in [-0.39, 0.29) is 18.1 Å². The summed E-state index contributed by atoms with van der Waals surface area (Å²) in [6.45, 7) is 2.47. The lowest BCUT2D eigenvalue weighted by Crippen LogP contribution is -2.19. The number of phenolic OH excluding ortho intramolecular Hbond substituents is 1. The number of nitrogens with one attached hydrogen (secondary N) is 1. The molecule has 0 aliphatic rings. The molecule has 2 N–H and O–H groups in total. The number of hydrazone groups is 1. The molecule has 3 aromatic carbocycles. The predicted molar refractivity (Wildman–Crippen MR) is 103 cm³/mol. The van der Waals surface area contributed by atoms with Crippen molar-refractivity contribution < 1.29 is 14.6 Å². The van der Waals surface area contributed by atoms with Crippen LogP contribution in [-0.2, 0) is 11.2 Å². The molecule has 3 rings (SSSR count). The zero-order chi connectivity index (χ0) is 18.4. The van der Waals surface area contributed by atoms with E-state index in [1.807, 2.05) is 43.3 Å². The van der Waals surface area contributed by atoms with Gasteiger partial charge in [-0.1, -0.05) is 42.5 Å². The first-order chi connectivity index (χ1) is 12.7. The lowest BCUT2D eigenvalue weighted by Gasteiger charge is -2.10. The van der Waals surface area contributed by atoms with Gasteiger partial charge in [0.2, 0.25) is 5.91 Å². The number of rotatable bonds is 6. The van der Waals surface area contributed by atoms with Gasteiger partial charge in [-0.25, -0.2) is 5.43 Å². The number of phenols is 1. The molecule has 0 bridgehead atoms. The number of carbonyl (C=O) groups is 1. The largest absolute Gasteiger partial charge is 0.508 e. The van der Waals surface area contributed by atoms with Crippen molar-refractivity contribution in [3.8, 4) is 11.5 Å². The fraction of sp³-hybridized carbons (Fsp3) is 0.143. The maximum absolute atomic E-state index is 12.0. The SMILES string of the molecule is CCOc1ccc2ccccc2c1/C=N\NC(=O)Cc1ccc(O)cc1. The second-order valence-electron chi connectivity index (χ2n) is 5.77. The van der Waals surface area contributed by atoms with E-state index in [0.717, 1.165) is 27.6 Å². The highest BCUT2D eigenvalue weighted by atomic mass is 16.5. The normalized spacial score (nSPS) is 11.0. The van der Waals surface area contributed by atoms with E-state index in [1.165, 1.54) is 0 Å². The second-order valence-corrected chi connectivity index (χ2v) is 5.77. The Kier molecular flexibility index (Phi) is 5.49. The molecule has 0 spiro atoms. The van der Waals surface area contributed by atoms with Crippen molar-refractivity contribution in [1.29, 1.82) is 0 Å². The third-order valence-electron chi connectivity index (χ3n) is 3.91. The summed E-state index contributed by atoms with van der Waals surface area (Å²) in [5, 5.41) is 15.5. The minimum Gasteiger partial charge on any atom is -0.508 e. The molecule has 0 saturated heterocycles. The number of hydrogen-bond acceptors (Lipinski definition) is 4. The summed E-state index contributed by atoms with van der Waals surface area (Å²) in [6, 6.07) is 18.4. The van der Waals surface area contributed by atoms with Crippen LogP contribution in [0.1, 0.15) is 18.1 Å². The molecule has 26 heavy (non-hydrogen) atoms. The highest BCUT2D eigenvalue weighted by Crippen LogP contribution is 2.26. The predicted octanol–water partition coefficient (Wildman–Crippen LogP) is 3.64. The van der Waals surface area contributed by atoms with Gasteiger partial charge >= 0.3 is 0 Å². The van der Waals surface area contributed by atoms with Gasteiger partial charge in [-0.05, 0) is 41.5 Å². The lowest BCUT2D eigenvalue weighted by molar-refractivity contribution is -0.120. The van der Waals surface area contributed by atoms with Crippen LogP contribution in [0.15, 0.2) is 65.8 Å². The van der Waals surface area contributed by atoms with Crippen LogP contribution in [0.2, 0.25) is 0 Å². The molecule has 0 unspecified atom stereocenters. The zero-order valence-corrected chi connectivity index (χ0v) is 14.5. The van der Waals surface area contributed by atoms with Gasteiger partial charge in [-0.2, -0.15) is 5.10 Å². The fourth-order valence-electron chi connectivity index (χ4n) is 2.70. The van der Waals surface area contributed by atoms with Gasteiger partial charge in [0.15, 0.2) is 0 Å². The molecule has 0 fully saturated rings. The maximum atomic E-state index is 12.0. The maximum Gasteiger partial charge on any atom is 0.244 e. The number of aromatic hydroxyl groups is 1. The van der Waals surface area contributed by atoms with Crippen LogP contribution in [-0.4, -0.2) is 23.8 Å². The minimum absolute atomic E-state index is 0.173. The molecule has 0 saturated carbocycles. The number of carbonyl (C=O) groups excluding carboxylic acids is 1. The van der Waals surface area contributed by atoms with Crippen molar-refractivity contribution in [2.75, 3.05) is 6.61 Å². The smallest absolute Gasteiger partial charge is 0.244 e. The lowest BCUT2D eigenvalue weighted by atomic mass is 10.0. The van der Waals surface area contributed by atoms with Gasteiger partial charge in [-0.15, -0.1) is 0 Å². The average molecular weight is 348 g/mol. The van der Waals surface area contributed by atoms with Crippen molar-refractivity contribution in [1.82, 2.24) is 5.43 Å². The summed E-state index contributed by atoms with van der Waals surface area (Å²) in [5.74, 6) is 0.666. The highest BCUT2D eigenvalue weighted by molar-refractivity contribution is 6.02. The summed E-state index contributed by atoms with van der Waals surface area (Å²) in [4.78, 5) is 12.0. The van der Waals surface area contributed by atoms with E-state index >= 15 is 0 Å². The first-order valence-electron chi connectivity index (χ1n) is 8.41. The van der Waals surface area contributed by atoms with Crippen molar-refractivity contribution in [3.05, 3.63) is 71.8 Å². The van der Waals surface area contributed by atoms with E-state index in [4.69, 9.17) is 4.74 Å². The zero-order valence-electron chi connectivity index (χ0n) is 14.5. The molecule has 0 atom stereocenters. The number of amides is 1. The topological polar surface area (TPSA) is 70.9 Å². The van der Waals surface area contributed by atoms with E-state index in [0.29, 0.717) is 6.61 Å². The van der Waals surface area contributed by atoms with Crippen molar-refractivity contribution in [2.45, 2.75) is 13.3 Å². The fourth-order valence-corrected chi connectivity index (χ4v) is 2.70. The van der Waals surface area contributed by atoms with E-state index in [9.17, 15) is 9.90 Å². The van der Waals surface area contributed by atoms with E-state index < -0.39 is 0 Å². The molecule has 0 aliphatic carbocycles. The van der Waals surface area contributed by atoms with E-state index in [1.54, 1.807) is 30.5 Å². The molecule has 5 nitrogen and oxygen atoms in total. The van der Waals surface area contributed by atoms with Crippen LogP contribution in [0.4, 0.5) is 0 Å². The third kappa shape index (κ3) is 4.19. The Labute approximate surface area is 151 Å². The Morgan fingerprint density at radius 2 is 1.88 bits per heavy atom. The first-order valence-corrected chi connectivity index (χ1v) is 8.41. The Morgan fingerprint density at radius 1 is 1.12 bits per heavy atom. The van der Waals surface area contributed by atoms with Crippen LogP contribution < -0.4 is 10.2 Å². The van der Waals surface area contributed by atoms with Gasteiger partial charge in [0, 0.05) is 5.56 Å².